The number of ether oxygens (including phenoxy) is 1. The number of hydrogen-bond acceptors (Lipinski definition) is 5. The molecule has 6 heteroatoms. The summed E-state index contributed by atoms with van der Waals surface area (Å²) in [6.07, 6.45) is 0. The normalized spacial score (nSPS) is 10.6. The van der Waals surface area contributed by atoms with Gasteiger partial charge in [0.15, 0.2) is 6.61 Å². The predicted molar refractivity (Wildman–Crippen MR) is 101 cm³/mol. The van der Waals surface area contributed by atoms with Gasteiger partial charge in [-0.05, 0) is 29.0 Å². The van der Waals surface area contributed by atoms with E-state index in [1.165, 1.54) is 16.6 Å². The highest BCUT2D eigenvalue weighted by molar-refractivity contribution is 7.99. The quantitative estimate of drug-likeness (QED) is 0.711. The van der Waals surface area contributed by atoms with E-state index in [9.17, 15) is 9.59 Å². The highest BCUT2D eigenvalue weighted by atomic mass is 32.2. The Labute approximate surface area is 150 Å². The monoisotopic (exact) mass is 363 g/mol. The summed E-state index contributed by atoms with van der Waals surface area (Å²) in [7, 11) is 0. The highest BCUT2D eigenvalue weighted by Crippen LogP contribution is 2.23. The average Bonchev–Trinajstić information content (AvgIpc) is 3.06. The molecule has 1 aromatic carbocycles. The number of amides is 1. The second-order valence-electron chi connectivity index (χ2n) is 5.52. The van der Waals surface area contributed by atoms with Crippen LogP contribution in [0, 0.1) is 0 Å². The number of carbonyl (C=O) groups excluding carboxylic acids is 2. The summed E-state index contributed by atoms with van der Waals surface area (Å²) in [6.45, 7) is 3.87. The minimum atomic E-state index is -0.371. The van der Waals surface area contributed by atoms with Gasteiger partial charge in [0.1, 0.15) is 0 Å². The Bertz CT molecular complexity index is 669. The third-order valence-corrected chi connectivity index (χ3v) is 5.28. The molecule has 0 radical (unpaired) electrons. The smallest absolute Gasteiger partial charge is 0.316 e. The molecule has 4 nitrogen and oxygen atoms in total. The van der Waals surface area contributed by atoms with Crippen molar-refractivity contribution in [2.45, 2.75) is 25.5 Å². The fourth-order valence-electron chi connectivity index (χ4n) is 2.12. The van der Waals surface area contributed by atoms with Crippen LogP contribution in [0.25, 0.3) is 0 Å². The molecule has 1 heterocycles. The standard InChI is InChI=1S/C18H21NO3S2/c1-13(2)15-7-3-4-8-16(15)19-17(20)10-22-18(21)12-23-11-14-6-5-9-24-14/h3-9,13H,10-12H2,1-2H3,(H,19,20). The van der Waals surface area contributed by atoms with E-state index in [4.69, 9.17) is 4.74 Å². The first kappa shape index (κ1) is 18.5. The molecule has 0 unspecified atom stereocenters. The van der Waals surface area contributed by atoms with Gasteiger partial charge in [0, 0.05) is 16.3 Å². The number of anilines is 1. The number of benzene rings is 1. The average molecular weight is 364 g/mol. The van der Waals surface area contributed by atoms with E-state index in [1.807, 2.05) is 41.8 Å². The molecular formula is C18H21NO3S2. The van der Waals surface area contributed by atoms with Gasteiger partial charge in [-0.2, -0.15) is 0 Å². The van der Waals surface area contributed by atoms with Gasteiger partial charge >= 0.3 is 5.97 Å². The van der Waals surface area contributed by atoms with Crippen LogP contribution in [-0.2, 0) is 20.1 Å². The molecule has 0 aliphatic rings. The number of nitrogens with one attached hydrogen (secondary N) is 1. The van der Waals surface area contributed by atoms with Crippen LogP contribution in [0.1, 0.15) is 30.2 Å². The van der Waals surface area contributed by atoms with Crippen molar-refractivity contribution in [3.8, 4) is 0 Å². The van der Waals surface area contributed by atoms with Crippen molar-refractivity contribution in [3.63, 3.8) is 0 Å². The second-order valence-corrected chi connectivity index (χ2v) is 7.54. The lowest BCUT2D eigenvalue weighted by molar-refractivity contribution is -0.144. The summed E-state index contributed by atoms with van der Waals surface area (Å²) < 4.78 is 5.03. The van der Waals surface area contributed by atoms with Gasteiger partial charge in [0.2, 0.25) is 0 Å². The largest absolute Gasteiger partial charge is 0.455 e. The molecule has 128 valence electrons. The van der Waals surface area contributed by atoms with E-state index in [0.29, 0.717) is 5.92 Å². The molecular weight excluding hydrogens is 342 g/mol. The van der Waals surface area contributed by atoms with Gasteiger partial charge in [-0.3, -0.25) is 9.59 Å². The lowest BCUT2D eigenvalue weighted by atomic mass is 10.0. The number of thioether (sulfide) groups is 1. The van der Waals surface area contributed by atoms with Gasteiger partial charge in [0.05, 0.1) is 5.75 Å². The number of hydrogen-bond donors (Lipinski definition) is 1. The van der Waals surface area contributed by atoms with Gasteiger partial charge in [-0.25, -0.2) is 0 Å². The number of esters is 1. The Balaban J connectivity index is 1.72. The van der Waals surface area contributed by atoms with Crippen LogP contribution in [0.4, 0.5) is 5.69 Å². The first-order valence-corrected chi connectivity index (χ1v) is 9.74. The van der Waals surface area contributed by atoms with E-state index < -0.39 is 0 Å². The maximum Gasteiger partial charge on any atom is 0.316 e. The molecule has 1 amide bonds. The maximum atomic E-state index is 12.0. The first-order valence-electron chi connectivity index (χ1n) is 7.70. The molecule has 1 N–H and O–H groups in total. The highest BCUT2D eigenvalue weighted by Gasteiger charge is 2.11. The zero-order chi connectivity index (χ0) is 17.4. The van der Waals surface area contributed by atoms with Crippen molar-refractivity contribution in [2.75, 3.05) is 17.7 Å². The van der Waals surface area contributed by atoms with Crippen molar-refractivity contribution >= 4 is 40.7 Å². The minimum Gasteiger partial charge on any atom is -0.455 e. The van der Waals surface area contributed by atoms with Crippen molar-refractivity contribution in [1.29, 1.82) is 0 Å². The van der Waals surface area contributed by atoms with Crippen molar-refractivity contribution < 1.29 is 14.3 Å². The van der Waals surface area contributed by atoms with E-state index >= 15 is 0 Å². The van der Waals surface area contributed by atoms with Crippen molar-refractivity contribution in [3.05, 3.63) is 52.2 Å². The molecule has 1 aromatic heterocycles. The Kier molecular flexibility index (Phi) is 7.34. The topological polar surface area (TPSA) is 55.4 Å². The molecule has 0 spiro atoms. The Morgan fingerprint density at radius 1 is 1.21 bits per heavy atom. The van der Waals surface area contributed by atoms with Crippen LogP contribution >= 0.6 is 23.1 Å². The number of para-hydroxylation sites is 1. The summed E-state index contributed by atoms with van der Waals surface area (Å²) in [5.74, 6) is 0.635. The Hall–Kier alpha value is -1.79. The van der Waals surface area contributed by atoms with Gasteiger partial charge in [-0.1, -0.05) is 38.1 Å². The second kappa shape index (κ2) is 9.49. The summed E-state index contributed by atoms with van der Waals surface area (Å²) in [6, 6.07) is 11.7. The van der Waals surface area contributed by atoms with Crippen LogP contribution in [0.5, 0.6) is 0 Å². The maximum absolute atomic E-state index is 12.0. The fourth-order valence-corrected chi connectivity index (χ4v) is 3.78. The molecule has 2 aromatic rings. The minimum absolute atomic E-state index is 0.244. The molecule has 0 saturated carbocycles. The molecule has 0 saturated heterocycles. The number of thiophene rings is 1. The van der Waals surface area contributed by atoms with E-state index in [0.717, 1.165) is 17.0 Å². The number of carbonyl (C=O) groups is 2. The molecule has 0 fully saturated rings. The SMILES string of the molecule is CC(C)c1ccccc1NC(=O)COC(=O)CSCc1cccs1. The fraction of sp³-hybridized carbons (Fsp3) is 0.333. The third-order valence-electron chi connectivity index (χ3n) is 3.27. The number of rotatable bonds is 8. The van der Waals surface area contributed by atoms with Crippen LogP contribution in [0.3, 0.4) is 0 Å². The Morgan fingerprint density at radius 3 is 2.71 bits per heavy atom. The summed E-state index contributed by atoms with van der Waals surface area (Å²) in [5.41, 5.74) is 1.82. The van der Waals surface area contributed by atoms with Crippen LogP contribution in [0.2, 0.25) is 0 Å². The van der Waals surface area contributed by atoms with Crippen LogP contribution < -0.4 is 5.32 Å². The van der Waals surface area contributed by atoms with E-state index in [2.05, 4.69) is 19.2 Å². The van der Waals surface area contributed by atoms with Gasteiger partial charge < -0.3 is 10.1 Å². The van der Waals surface area contributed by atoms with Crippen molar-refractivity contribution in [2.24, 2.45) is 0 Å². The summed E-state index contributed by atoms with van der Waals surface area (Å²) in [4.78, 5) is 24.9. The molecule has 0 atom stereocenters. The lowest BCUT2D eigenvalue weighted by Gasteiger charge is -2.13. The predicted octanol–water partition coefficient (Wildman–Crippen LogP) is 4.29. The van der Waals surface area contributed by atoms with E-state index in [1.54, 1.807) is 11.3 Å². The van der Waals surface area contributed by atoms with Gasteiger partial charge in [0.25, 0.3) is 5.91 Å². The third kappa shape index (κ3) is 6.02. The molecule has 2 rings (SSSR count). The van der Waals surface area contributed by atoms with Crippen LogP contribution in [0.15, 0.2) is 41.8 Å². The molecule has 0 aliphatic carbocycles. The van der Waals surface area contributed by atoms with Crippen molar-refractivity contribution in [1.82, 2.24) is 0 Å². The zero-order valence-corrected chi connectivity index (χ0v) is 15.4. The van der Waals surface area contributed by atoms with Gasteiger partial charge in [-0.15, -0.1) is 23.1 Å². The Morgan fingerprint density at radius 2 is 2.00 bits per heavy atom. The summed E-state index contributed by atoms with van der Waals surface area (Å²) in [5, 5.41) is 4.81. The zero-order valence-electron chi connectivity index (χ0n) is 13.8. The molecule has 0 bridgehead atoms. The summed E-state index contributed by atoms with van der Waals surface area (Å²) >= 11 is 3.15. The molecule has 0 aliphatic heterocycles. The molecule has 24 heavy (non-hydrogen) atoms. The first-order chi connectivity index (χ1) is 11.6. The van der Waals surface area contributed by atoms with E-state index in [-0.39, 0.29) is 24.2 Å². The van der Waals surface area contributed by atoms with Crippen LogP contribution in [-0.4, -0.2) is 24.2 Å². The lowest BCUT2D eigenvalue weighted by Crippen LogP contribution is -2.22.